The fourth-order valence-electron chi connectivity index (χ4n) is 0.831. The highest BCUT2D eigenvalue weighted by Gasteiger charge is 2.11. The molecule has 0 aliphatic heterocycles. The molecule has 0 saturated heterocycles. The third-order valence-electron chi connectivity index (χ3n) is 1.44. The molecular weight excluding hydrogens is 226 g/mol. The zero-order chi connectivity index (χ0) is 10.6. The van der Waals surface area contributed by atoms with Gasteiger partial charge in [-0.15, -0.1) is 0 Å². The number of hydrogen-bond acceptors (Lipinski definition) is 4. The average molecular weight is 236 g/mol. The molecule has 1 rings (SSSR count). The lowest BCUT2D eigenvalue weighted by atomic mass is 10.4. The predicted octanol–water partition coefficient (Wildman–Crippen LogP) is 1.80. The van der Waals surface area contributed by atoms with Gasteiger partial charge in [-0.1, -0.05) is 6.92 Å². The third-order valence-corrected chi connectivity index (χ3v) is 2.76. The van der Waals surface area contributed by atoms with Gasteiger partial charge in [-0.25, -0.2) is 8.42 Å². The Balaban J connectivity index is 2.90. The molecule has 0 unspecified atom stereocenters. The summed E-state index contributed by atoms with van der Waals surface area (Å²) in [5.41, 5.74) is 0. The lowest BCUT2D eigenvalue weighted by molar-refractivity contribution is 0.315. The number of ether oxygens (including phenoxy) is 1. The Labute approximate surface area is 87.3 Å². The summed E-state index contributed by atoms with van der Waals surface area (Å²) in [6, 6.07) is 1.35. The maximum absolute atomic E-state index is 10.9. The van der Waals surface area contributed by atoms with Gasteiger partial charge in [0.25, 0.3) is 9.05 Å². The van der Waals surface area contributed by atoms with E-state index < -0.39 is 9.05 Å². The van der Waals surface area contributed by atoms with Crippen LogP contribution in [-0.2, 0) is 9.05 Å². The fraction of sp³-hybridized carbons (Fsp3) is 0.375. The molecule has 0 radical (unpaired) electrons. The van der Waals surface area contributed by atoms with Gasteiger partial charge in [0.05, 0.1) is 12.8 Å². The number of pyridine rings is 1. The van der Waals surface area contributed by atoms with Gasteiger partial charge in [-0.2, -0.15) is 0 Å². The summed E-state index contributed by atoms with van der Waals surface area (Å²) in [5, 5.41) is 0. The van der Waals surface area contributed by atoms with Crippen LogP contribution >= 0.6 is 10.7 Å². The normalized spacial score (nSPS) is 11.3. The van der Waals surface area contributed by atoms with Gasteiger partial charge in [0.15, 0.2) is 0 Å². The van der Waals surface area contributed by atoms with E-state index in [-0.39, 0.29) is 4.90 Å². The van der Waals surface area contributed by atoms with Crippen molar-refractivity contribution in [2.75, 3.05) is 6.61 Å². The summed E-state index contributed by atoms with van der Waals surface area (Å²) in [4.78, 5) is 3.67. The van der Waals surface area contributed by atoms with Gasteiger partial charge in [0, 0.05) is 22.9 Å². The third kappa shape index (κ3) is 3.16. The van der Waals surface area contributed by atoms with Crippen molar-refractivity contribution in [3.05, 3.63) is 18.5 Å². The van der Waals surface area contributed by atoms with E-state index in [1.54, 1.807) is 0 Å². The van der Waals surface area contributed by atoms with Gasteiger partial charge >= 0.3 is 0 Å². The molecule has 0 spiro atoms. The molecule has 0 amide bonds. The minimum atomic E-state index is -3.72. The molecule has 0 bridgehead atoms. The van der Waals surface area contributed by atoms with E-state index in [0.29, 0.717) is 12.4 Å². The summed E-state index contributed by atoms with van der Waals surface area (Å²) >= 11 is 0. The number of aromatic nitrogens is 1. The molecule has 1 aromatic heterocycles. The second-order valence-corrected chi connectivity index (χ2v) is 5.21. The van der Waals surface area contributed by atoms with Crippen LogP contribution in [0, 0.1) is 0 Å². The minimum Gasteiger partial charge on any atom is -0.492 e. The van der Waals surface area contributed by atoms with E-state index in [1.165, 1.54) is 18.5 Å². The van der Waals surface area contributed by atoms with Crippen molar-refractivity contribution in [3.63, 3.8) is 0 Å². The zero-order valence-electron chi connectivity index (χ0n) is 7.60. The SMILES string of the molecule is CCCOc1cncc(S(=O)(=O)Cl)c1. The highest BCUT2D eigenvalue weighted by molar-refractivity contribution is 8.13. The maximum atomic E-state index is 10.9. The first-order chi connectivity index (χ1) is 6.54. The van der Waals surface area contributed by atoms with Crippen molar-refractivity contribution in [3.8, 4) is 5.75 Å². The number of halogens is 1. The molecule has 14 heavy (non-hydrogen) atoms. The van der Waals surface area contributed by atoms with Crippen molar-refractivity contribution >= 4 is 19.7 Å². The maximum Gasteiger partial charge on any atom is 0.262 e. The molecule has 1 heterocycles. The highest BCUT2D eigenvalue weighted by atomic mass is 35.7. The smallest absolute Gasteiger partial charge is 0.262 e. The van der Waals surface area contributed by atoms with Crippen molar-refractivity contribution in [2.24, 2.45) is 0 Å². The Hall–Kier alpha value is -0.810. The number of hydrogen-bond donors (Lipinski definition) is 0. The number of rotatable bonds is 4. The Morgan fingerprint density at radius 1 is 1.50 bits per heavy atom. The van der Waals surface area contributed by atoms with Crippen LogP contribution in [0.2, 0.25) is 0 Å². The van der Waals surface area contributed by atoms with Crippen molar-refractivity contribution in [1.29, 1.82) is 0 Å². The standard InChI is InChI=1S/C8H10ClNO3S/c1-2-3-13-7-4-8(6-10-5-7)14(9,11)12/h4-6H,2-3H2,1H3. The van der Waals surface area contributed by atoms with E-state index in [4.69, 9.17) is 15.4 Å². The van der Waals surface area contributed by atoms with E-state index in [0.717, 1.165) is 6.42 Å². The van der Waals surface area contributed by atoms with Crippen molar-refractivity contribution in [2.45, 2.75) is 18.2 Å². The second kappa shape index (κ2) is 4.61. The predicted molar refractivity (Wildman–Crippen MR) is 53.1 cm³/mol. The molecule has 0 fully saturated rings. The molecule has 0 atom stereocenters. The van der Waals surface area contributed by atoms with Crippen molar-refractivity contribution < 1.29 is 13.2 Å². The second-order valence-electron chi connectivity index (χ2n) is 2.64. The molecule has 78 valence electrons. The molecule has 6 heteroatoms. The Kier molecular flexibility index (Phi) is 3.71. The van der Waals surface area contributed by atoms with E-state index in [1.807, 2.05) is 6.92 Å². The largest absolute Gasteiger partial charge is 0.492 e. The van der Waals surface area contributed by atoms with Crippen LogP contribution in [-0.4, -0.2) is 20.0 Å². The van der Waals surface area contributed by atoms with Crippen LogP contribution in [0.4, 0.5) is 0 Å². The van der Waals surface area contributed by atoms with E-state index in [2.05, 4.69) is 4.98 Å². The molecular formula is C8H10ClNO3S. The van der Waals surface area contributed by atoms with Gasteiger partial charge in [0.2, 0.25) is 0 Å². The fourth-order valence-corrected chi connectivity index (χ4v) is 1.53. The molecule has 0 aromatic carbocycles. The molecule has 0 saturated carbocycles. The summed E-state index contributed by atoms with van der Waals surface area (Å²) < 4.78 is 27.1. The van der Waals surface area contributed by atoms with Crippen LogP contribution in [0.15, 0.2) is 23.4 Å². The molecule has 1 aromatic rings. The van der Waals surface area contributed by atoms with Crippen LogP contribution in [0.3, 0.4) is 0 Å². The van der Waals surface area contributed by atoms with Gasteiger partial charge in [-0.3, -0.25) is 4.98 Å². The van der Waals surface area contributed by atoms with Crippen LogP contribution in [0.1, 0.15) is 13.3 Å². The van der Waals surface area contributed by atoms with Gasteiger partial charge < -0.3 is 4.74 Å². The highest BCUT2D eigenvalue weighted by Crippen LogP contribution is 2.18. The minimum absolute atomic E-state index is 0.0484. The van der Waals surface area contributed by atoms with Crippen LogP contribution in [0.25, 0.3) is 0 Å². The van der Waals surface area contributed by atoms with Crippen LogP contribution in [0.5, 0.6) is 5.75 Å². The topological polar surface area (TPSA) is 56.3 Å². The summed E-state index contributed by atoms with van der Waals surface area (Å²) in [5.74, 6) is 0.411. The summed E-state index contributed by atoms with van der Waals surface area (Å²) in [6.45, 7) is 2.48. The lowest BCUT2D eigenvalue weighted by Crippen LogP contribution is -1.98. The first-order valence-corrected chi connectivity index (χ1v) is 6.37. The molecule has 0 N–H and O–H groups in total. The molecule has 0 aliphatic rings. The first-order valence-electron chi connectivity index (χ1n) is 4.06. The van der Waals surface area contributed by atoms with E-state index >= 15 is 0 Å². The zero-order valence-corrected chi connectivity index (χ0v) is 9.18. The average Bonchev–Trinajstić information content (AvgIpc) is 2.14. The van der Waals surface area contributed by atoms with Crippen LogP contribution < -0.4 is 4.74 Å². The summed E-state index contributed by atoms with van der Waals surface area (Å²) in [6.07, 6.45) is 3.47. The monoisotopic (exact) mass is 235 g/mol. The van der Waals surface area contributed by atoms with Gasteiger partial charge in [-0.05, 0) is 6.42 Å². The first kappa shape index (κ1) is 11.3. The Bertz CT molecular complexity index is 405. The number of nitrogens with zero attached hydrogens (tertiary/aromatic N) is 1. The quantitative estimate of drug-likeness (QED) is 0.747. The van der Waals surface area contributed by atoms with Gasteiger partial charge in [0.1, 0.15) is 10.6 Å². The lowest BCUT2D eigenvalue weighted by Gasteiger charge is -2.04. The summed E-state index contributed by atoms with van der Waals surface area (Å²) in [7, 11) is 1.42. The van der Waals surface area contributed by atoms with Crippen molar-refractivity contribution in [1.82, 2.24) is 4.98 Å². The van der Waals surface area contributed by atoms with E-state index in [9.17, 15) is 8.42 Å². The molecule has 0 aliphatic carbocycles. The Morgan fingerprint density at radius 2 is 2.21 bits per heavy atom. The molecule has 4 nitrogen and oxygen atoms in total. The Morgan fingerprint density at radius 3 is 2.79 bits per heavy atom.